The van der Waals surface area contributed by atoms with Gasteiger partial charge in [-0.2, -0.15) is 0 Å². The summed E-state index contributed by atoms with van der Waals surface area (Å²) < 4.78 is 14.6. The van der Waals surface area contributed by atoms with Crippen LogP contribution in [-0.2, 0) is 0 Å². The van der Waals surface area contributed by atoms with E-state index in [9.17, 15) is 4.39 Å². The van der Waals surface area contributed by atoms with E-state index in [1.807, 2.05) is 24.3 Å². The standard InChI is InChI=1S/C22H20FN3Se/c1-15(27-18-7-3-2-4-8-18)21-22(24-17-13-11-16(23)12-14-17)26-20-10-6-5-9-19(20)25-21/h2-15,21,25H,1H3,(H,24,26). The van der Waals surface area contributed by atoms with E-state index < -0.39 is 0 Å². The Kier molecular flexibility index (Phi) is 5.23. The summed E-state index contributed by atoms with van der Waals surface area (Å²) in [6.45, 7) is 2.25. The number of nitrogens with one attached hydrogen (secondary N) is 2. The topological polar surface area (TPSA) is 36.4 Å². The van der Waals surface area contributed by atoms with Crippen LogP contribution in [0.15, 0.2) is 83.9 Å². The van der Waals surface area contributed by atoms with Gasteiger partial charge in [-0.05, 0) is 0 Å². The molecule has 5 heteroatoms. The first kappa shape index (κ1) is 17.8. The van der Waals surface area contributed by atoms with Crippen LogP contribution in [0.5, 0.6) is 0 Å². The Balaban J connectivity index is 1.62. The number of aliphatic imine (C=N–C) groups is 1. The monoisotopic (exact) mass is 425 g/mol. The van der Waals surface area contributed by atoms with Gasteiger partial charge in [0, 0.05) is 0 Å². The number of anilines is 2. The van der Waals surface area contributed by atoms with Gasteiger partial charge in [-0.3, -0.25) is 0 Å². The van der Waals surface area contributed by atoms with E-state index in [-0.39, 0.29) is 26.8 Å². The van der Waals surface area contributed by atoms with Crippen LogP contribution in [0.25, 0.3) is 0 Å². The molecule has 3 aromatic carbocycles. The van der Waals surface area contributed by atoms with Crippen LogP contribution in [0.2, 0.25) is 4.82 Å². The van der Waals surface area contributed by atoms with Gasteiger partial charge in [0.05, 0.1) is 0 Å². The molecule has 4 rings (SSSR count). The van der Waals surface area contributed by atoms with E-state index >= 15 is 0 Å². The summed E-state index contributed by atoms with van der Waals surface area (Å²) in [7, 11) is 0. The number of benzene rings is 3. The molecular formula is C22H20FN3Se. The van der Waals surface area contributed by atoms with Gasteiger partial charge < -0.3 is 0 Å². The summed E-state index contributed by atoms with van der Waals surface area (Å²) in [6, 6.07) is 25.1. The molecule has 0 saturated carbocycles. The second-order valence-corrected chi connectivity index (χ2v) is 9.45. The maximum absolute atomic E-state index is 13.2. The van der Waals surface area contributed by atoms with Crippen LogP contribution in [0.1, 0.15) is 6.92 Å². The van der Waals surface area contributed by atoms with Crippen molar-refractivity contribution in [3.8, 4) is 0 Å². The number of hydrogen-bond acceptors (Lipinski definition) is 3. The number of fused-ring (bicyclic) bond motifs is 1. The summed E-state index contributed by atoms with van der Waals surface area (Å²) in [5.74, 6) is 0.623. The van der Waals surface area contributed by atoms with E-state index in [1.54, 1.807) is 12.1 Å². The Morgan fingerprint density at radius 3 is 2.44 bits per heavy atom. The molecule has 27 heavy (non-hydrogen) atoms. The SMILES string of the molecule is CC([Se]c1ccccc1)C1Nc2ccccc2N=C1Nc1ccc(F)cc1. The third-order valence-electron chi connectivity index (χ3n) is 4.40. The Bertz CT molecular complexity index is 941. The van der Waals surface area contributed by atoms with Crippen molar-refractivity contribution in [1.29, 1.82) is 0 Å². The van der Waals surface area contributed by atoms with Crippen LogP contribution < -0.4 is 15.1 Å². The molecule has 0 aromatic heterocycles. The van der Waals surface area contributed by atoms with Crippen molar-refractivity contribution in [2.75, 3.05) is 10.6 Å². The quantitative estimate of drug-likeness (QED) is 0.601. The molecule has 3 nitrogen and oxygen atoms in total. The van der Waals surface area contributed by atoms with Gasteiger partial charge in [-0.15, -0.1) is 0 Å². The molecule has 0 radical (unpaired) electrons. The maximum atomic E-state index is 13.2. The van der Waals surface area contributed by atoms with E-state index in [0.29, 0.717) is 4.82 Å². The average Bonchev–Trinajstić information content (AvgIpc) is 2.70. The Morgan fingerprint density at radius 1 is 0.963 bits per heavy atom. The fourth-order valence-electron chi connectivity index (χ4n) is 3.04. The van der Waals surface area contributed by atoms with Crippen LogP contribution in [-0.4, -0.2) is 26.8 Å². The fourth-order valence-corrected chi connectivity index (χ4v) is 5.30. The van der Waals surface area contributed by atoms with Crippen molar-refractivity contribution in [2.45, 2.75) is 17.8 Å². The Hall–Kier alpha value is -2.62. The van der Waals surface area contributed by atoms with Gasteiger partial charge in [0.15, 0.2) is 0 Å². The molecule has 136 valence electrons. The second-order valence-electron chi connectivity index (χ2n) is 6.40. The molecule has 2 unspecified atom stereocenters. The van der Waals surface area contributed by atoms with Gasteiger partial charge >= 0.3 is 165 Å². The molecule has 0 amide bonds. The minimum absolute atomic E-state index is 0.0603. The number of amidine groups is 1. The van der Waals surface area contributed by atoms with Crippen LogP contribution >= 0.6 is 0 Å². The molecule has 2 atom stereocenters. The number of rotatable bonds is 4. The van der Waals surface area contributed by atoms with Gasteiger partial charge in [0.2, 0.25) is 0 Å². The van der Waals surface area contributed by atoms with Crippen LogP contribution in [0, 0.1) is 5.82 Å². The van der Waals surface area contributed by atoms with Crippen molar-refractivity contribution < 1.29 is 4.39 Å². The van der Waals surface area contributed by atoms with E-state index in [1.165, 1.54) is 16.6 Å². The predicted octanol–water partition coefficient (Wildman–Crippen LogP) is 4.60. The number of nitrogens with zero attached hydrogens (tertiary/aromatic N) is 1. The fraction of sp³-hybridized carbons (Fsp3) is 0.136. The molecular weight excluding hydrogens is 404 g/mol. The summed E-state index contributed by atoms with van der Waals surface area (Å²) in [5.41, 5.74) is 2.79. The summed E-state index contributed by atoms with van der Waals surface area (Å²) >= 11 is 0.288. The Labute approximate surface area is 164 Å². The third-order valence-corrected chi connectivity index (χ3v) is 6.89. The zero-order valence-corrected chi connectivity index (χ0v) is 16.6. The van der Waals surface area contributed by atoms with E-state index in [0.717, 1.165) is 22.9 Å². The first-order chi connectivity index (χ1) is 13.2. The predicted molar refractivity (Wildman–Crippen MR) is 112 cm³/mol. The number of halogens is 1. The molecule has 2 N–H and O–H groups in total. The van der Waals surface area contributed by atoms with Gasteiger partial charge in [-0.25, -0.2) is 0 Å². The van der Waals surface area contributed by atoms with Gasteiger partial charge in [0.25, 0.3) is 0 Å². The second kappa shape index (κ2) is 7.95. The zero-order chi connectivity index (χ0) is 18.6. The summed E-state index contributed by atoms with van der Waals surface area (Å²) in [6.07, 6.45) is 0. The molecule has 0 bridgehead atoms. The molecule has 1 heterocycles. The molecule has 0 fully saturated rings. The molecule has 1 aliphatic heterocycles. The van der Waals surface area contributed by atoms with Crippen molar-refractivity contribution >= 4 is 42.3 Å². The molecule has 0 spiro atoms. The normalized spacial score (nSPS) is 16.7. The van der Waals surface area contributed by atoms with Crippen molar-refractivity contribution in [2.24, 2.45) is 4.99 Å². The molecule has 3 aromatic rings. The Morgan fingerprint density at radius 2 is 1.67 bits per heavy atom. The van der Waals surface area contributed by atoms with Gasteiger partial charge in [0.1, 0.15) is 0 Å². The molecule has 0 saturated heterocycles. The number of para-hydroxylation sites is 2. The van der Waals surface area contributed by atoms with Crippen LogP contribution in [0.4, 0.5) is 21.5 Å². The average molecular weight is 424 g/mol. The third kappa shape index (κ3) is 4.21. The first-order valence-electron chi connectivity index (χ1n) is 8.87. The minimum atomic E-state index is -0.244. The van der Waals surface area contributed by atoms with E-state index in [2.05, 4.69) is 47.9 Å². The van der Waals surface area contributed by atoms with Crippen LogP contribution in [0.3, 0.4) is 0 Å². The molecule has 0 aliphatic carbocycles. The van der Waals surface area contributed by atoms with Crippen molar-refractivity contribution in [3.63, 3.8) is 0 Å². The van der Waals surface area contributed by atoms with Crippen molar-refractivity contribution in [1.82, 2.24) is 0 Å². The first-order valence-corrected chi connectivity index (χ1v) is 10.7. The zero-order valence-electron chi connectivity index (χ0n) is 14.9. The van der Waals surface area contributed by atoms with E-state index in [4.69, 9.17) is 4.99 Å². The number of hydrogen-bond donors (Lipinski definition) is 2. The summed E-state index contributed by atoms with van der Waals surface area (Å²) in [5, 5.41) is 7.04. The van der Waals surface area contributed by atoms with Gasteiger partial charge in [-0.1, -0.05) is 0 Å². The summed E-state index contributed by atoms with van der Waals surface area (Å²) in [4.78, 5) is 5.24. The van der Waals surface area contributed by atoms with Crippen molar-refractivity contribution in [3.05, 3.63) is 84.7 Å². The molecule has 1 aliphatic rings.